The number of unbranched alkanes of at least 4 members (excludes halogenated alkanes) is 2. The standard InChI is InChI=1S/C15H17ClO2/c1-2-3-4-5-13-10-14(15(17)18-13)11-6-8-12(16)9-7-11/h6-10,13H,2-5H2,1H3. The van der Waals surface area contributed by atoms with Gasteiger partial charge in [-0.3, -0.25) is 0 Å². The molecule has 3 heteroatoms. The highest BCUT2D eigenvalue weighted by molar-refractivity contribution is 6.30. The molecule has 0 bridgehead atoms. The number of benzene rings is 1. The van der Waals surface area contributed by atoms with Crippen LogP contribution in [0.4, 0.5) is 0 Å². The number of hydrogen-bond acceptors (Lipinski definition) is 2. The zero-order chi connectivity index (χ0) is 13.0. The van der Waals surface area contributed by atoms with Crippen molar-refractivity contribution >= 4 is 23.1 Å². The van der Waals surface area contributed by atoms with E-state index in [0.29, 0.717) is 10.6 Å². The van der Waals surface area contributed by atoms with Gasteiger partial charge in [-0.1, -0.05) is 43.5 Å². The summed E-state index contributed by atoms with van der Waals surface area (Å²) in [5.41, 5.74) is 1.54. The number of ether oxygens (including phenoxy) is 1. The molecule has 1 aromatic rings. The van der Waals surface area contributed by atoms with E-state index in [9.17, 15) is 4.79 Å². The Kier molecular flexibility index (Phi) is 4.43. The molecule has 2 rings (SSSR count). The molecule has 0 amide bonds. The summed E-state index contributed by atoms with van der Waals surface area (Å²) in [6.07, 6.45) is 6.23. The molecule has 0 saturated heterocycles. The van der Waals surface area contributed by atoms with E-state index in [4.69, 9.17) is 16.3 Å². The van der Waals surface area contributed by atoms with Gasteiger partial charge in [0.05, 0.1) is 5.57 Å². The predicted molar refractivity (Wildman–Crippen MR) is 73.5 cm³/mol. The summed E-state index contributed by atoms with van der Waals surface area (Å²) >= 11 is 5.83. The number of rotatable bonds is 5. The number of carbonyl (C=O) groups excluding carboxylic acids is 1. The summed E-state index contributed by atoms with van der Waals surface area (Å²) in [5, 5.41) is 0.671. The lowest BCUT2D eigenvalue weighted by atomic mass is 10.0. The molecule has 18 heavy (non-hydrogen) atoms. The molecule has 0 radical (unpaired) electrons. The summed E-state index contributed by atoms with van der Waals surface area (Å²) in [5.74, 6) is -0.223. The van der Waals surface area contributed by atoms with Crippen molar-refractivity contribution in [1.29, 1.82) is 0 Å². The van der Waals surface area contributed by atoms with Crippen molar-refractivity contribution in [2.75, 3.05) is 0 Å². The van der Waals surface area contributed by atoms with Crippen LogP contribution in [-0.4, -0.2) is 12.1 Å². The minimum atomic E-state index is -0.223. The first-order chi connectivity index (χ1) is 8.70. The van der Waals surface area contributed by atoms with Gasteiger partial charge in [0.2, 0.25) is 0 Å². The van der Waals surface area contributed by atoms with Gasteiger partial charge in [0.15, 0.2) is 0 Å². The van der Waals surface area contributed by atoms with E-state index in [1.165, 1.54) is 12.8 Å². The molecule has 1 atom stereocenters. The largest absolute Gasteiger partial charge is 0.454 e. The summed E-state index contributed by atoms with van der Waals surface area (Å²) in [7, 11) is 0. The fraction of sp³-hybridized carbons (Fsp3) is 0.400. The molecular formula is C15H17ClO2. The second-order valence-electron chi connectivity index (χ2n) is 4.53. The van der Waals surface area contributed by atoms with Gasteiger partial charge in [-0.25, -0.2) is 4.79 Å². The lowest BCUT2D eigenvalue weighted by Gasteiger charge is -2.06. The van der Waals surface area contributed by atoms with E-state index in [2.05, 4.69) is 6.92 Å². The van der Waals surface area contributed by atoms with Gasteiger partial charge in [-0.15, -0.1) is 0 Å². The van der Waals surface area contributed by atoms with Crippen LogP contribution in [-0.2, 0) is 9.53 Å². The Morgan fingerprint density at radius 1 is 1.22 bits per heavy atom. The molecule has 1 heterocycles. The van der Waals surface area contributed by atoms with Crippen molar-refractivity contribution in [1.82, 2.24) is 0 Å². The lowest BCUT2D eigenvalue weighted by molar-refractivity contribution is -0.137. The molecule has 0 spiro atoms. The Hall–Kier alpha value is -1.28. The van der Waals surface area contributed by atoms with Gasteiger partial charge in [0.25, 0.3) is 0 Å². The van der Waals surface area contributed by atoms with Crippen LogP contribution in [0.2, 0.25) is 5.02 Å². The maximum atomic E-state index is 11.8. The molecule has 0 aliphatic carbocycles. The first-order valence-corrected chi connectivity index (χ1v) is 6.77. The maximum absolute atomic E-state index is 11.8. The molecule has 96 valence electrons. The molecule has 2 nitrogen and oxygen atoms in total. The second-order valence-corrected chi connectivity index (χ2v) is 4.96. The average molecular weight is 265 g/mol. The summed E-state index contributed by atoms with van der Waals surface area (Å²) in [6.45, 7) is 2.16. The monoisotopic (exact) mass is 264 g/mol. The molecule has 1 aliphatic heterocycles. The third-order valence-corrected chi connectivity index (χ3v) is 3.33. The number of esters is 1. The highest BCUT2D eigenvalue weighted by atomic mass is 35.5. The zero-order valence-corrected chi connectivity index (χ0v) is 11.2. The van der Waals surface area contributed by atoms with Crippen molar-refractivity contribution in [3.8, 4) is 0 Å². The number of cyclic esters (lactones) is 1. The fourth-order valence-electron chi connectivity index (χ4n) is 2.07. The predicted octanol–water partition coefficient (Wildman–Crippen LogP) is 4.23. The molecule has 0 aromatic heterocycles. The SMILES string of the molecule is CCCCCC1C=C(c2ccc(Cl)cc2)C(=O)O1. The Labute approximate surface area is 113 Å². The molecule has 0 fully saturated rings. The Balaban J connectivity index is 2.05. The van der Waals surface area contributed by atoms with E-state index in [0.717, 1.165) is 18.4 Å². The van der Waals surface area contributed by atoms with Crippen molar-refractivity contribution in [3.63, 3.8) is 0 Å². The van der Waals surface area contributed by atoms with Crippen LogP contribution in [0.25, 0.3) is 5.57 Å². The number of halogens is 1. The number of hydrogen-bond donors (Lipinski definition) is 0. The van der Waals surface area contributed by atoms with Gasteiger partial charge in [0.1, 0.15) is 6.10 Å². The molecule has 1 unspecified atom stereocenters. The third kappa shape index (κ3) is 3.14. The van der Waals surface area contributed by atoms with Crippen LogP contribution in [0.15, 0.2) is 30.3 Å². The van der Waals surface area contributed by atoms with Gasteiger partial charge in [-0.2, -0.15) is 0 Å². The van der Waals surface area contributed by atoms with E-state index in [-0.39, 0.29) is 12.1 Å². The lowest BCUT2D eigenvalue weighted by Crippen LogP contribution is -2.07. The fourth-order valence-corrected chi connectivity index (χ4v) is 2.20. The summed E-state index contributed by atoms with van der Waals surface area (Å²) < 4.78 is 5.34. The highest BCUT2D eigenvalue weighted by Crippen LogP contribution is 2.27. The molecular weight excluding hydrogens is 248 g/mol. The third-order valence-electron chi connectivity index (χ3n) is 3.08. The van der Waals surface area contributed by atoms with Crippen LogP contribution >= 0.6 is 11.6 Å². The van der Waals surface area contributed by atoms with Crippen molar-refractivity contribution in [2.45, 2.75) is 38.7 Å². The quantitative estimate of drug-likeness (QED) is 0.588. The first kappa shape index (κ1) is 13.2. The second kappa shape index (κ2) is 6.05. The van der Waals surface area contributed by atoms with Gasteiger partial charge < -0.3 is 4.74 Å². The average Bonchev–Trinajstić information content (AvgIpc) is 2.72. The van der Waals surface area contributed by atoms with E-state index in [1.807, 2.05) is 18.2 Å². The van der Waals surface area contributed by atoms with Crippen LogP contribution in [0, 0.1) is 0 Å². The van der Waals surface area contributed by atoms with Crippen LogP contribution < -0.4 is 0 Å². The van der Waals surface area contributed by atoms with Crippen molar-refractivity contribution in [3.05, 3.63) is 40.9 Å². The van der Waals surface area contributed by atoms with Gasteiger partial charge in [0, 0.05) is 5.02 Å². The van der Waals surface area contributed by atoms with Crippen LogP contribution in [0.5, 0.6) is 0 Å². The number of carbonyl (C=O) groups is 1. The Bertz CT molecular complexity index is 448. The maximum Gasteiger partial charge on any atom is 0.339 e. The summed E-state index contributed by atoms with van der Waals surface area (Å²) in [4.78, 5) is 11.8. The molecule has 0 saturated carbocycles. The van der Waals surface area contributed by atoms with Gasteiger partial charge >= 0.3 is 5.97 Å². The van der Waals surface area contributed by atoms with E-state index in [1.54, 1.807) is 12.1 Å². The van der Waals surface area contributed by atoms with Crippen LogP contribution in [0.1, 0.15) is 38.2 Å². The minimum Gasteiger partial charge on any atom is -0.454 e. The molecule has 0 N–H and O–H groups in total. The Morgan fingerprint density at radius 2 is 1.94 bits per heavy atom. The van der Waals surface area contributed by atoms with Crippen molar-refractivity contribution < 1.29 is 9.53 Å². The van der Waals surface area contributed by atoms with E-state index >= 15 is 0 Å². The highest BCUT2D eigenvalue weighted by Gasteiger charge is 2.25. The summed E-state index contributed by atoms with van der Waals surface area (Å²) in [6, 6.07) is 7.28. The van der Waals surface area contributed by atoms with Crippen LogP contribution in [0.3, 0.4) is 0 Å². The smallest absolute Gasteiger partial charge is 0.339 e. The topological polar surface area (TPSA) is 26.3 Å². The minimum absolute atomic E-state index is 0.0604. The molecule has 1 aromatic carbocycles. The van der Waals surface area contributed by atoms with Gasteiger partial charge in [-0.05, 0) is 36.6 Å². The zero-order valence-electron chi connectivity index (χ0n) is 10.5. The van der Waals surface area contributed by atoms with E-state index < -0.39 is 0 Å². The van der Waals surface area contributed by atoms with Crippen molar-refractivity contribution in [2.24, 2.45) is 0 Å². The Morgan fingerprint density at radius 3 is 2.61 bits per heavy atom. The molecule has 1 aliphatic rings. The first-order valence-electron chi connectivity index (χ1n) is 6.39. The normalized spacial score (nSPS) is 18.7.